The van der Waals surface area contributed by atoms with E-state index in [1.165, 1.54) is 6.20 Å². The van der Waals surface area contributed by atoms with Crippen LogP contribution in [0.25, 0.3) is 5.57 Å². The Hall–Kier alpha value is -3.59. The van der Waals surface area contributed by atoms with Gasteiger partial charge < -0.3 is 25.4 Å². The van der Waals surface area contributed by atoms with Crippen LogP contribution in [-0.4, -0.2) is 44.7 Å². The Morgan fingerprint density at radius 1 is 1.33 bits per heavy atom. The maximum atomic E-state index is 6.39. The standard InChI is InChI=1S/C21H28N8O/c1-5-24-21(28-10-16(11-28)29-12-25-26-13-29)9-19(22)15(4)18-8-17(30-14(2)3)6-7-20(18)27-23/h5-9,12-14,16,27H,1,4,10-11,22-23H2,2-3H3/b19-9-,24-21+. The monoisotopic (exact) mass is 408 g/mol. The average molecular weight is 409 g/mol. The molecule has 0 radical (unpaired) electrons. The second-order valence-electron chi connectivity index (χ2n) is 7.23. The Labute approximate surface area is 176 Å². The summed E-state index contributed by atoms with van der Waals surface area (Å²) in [7, 11) is 0. The number of hydrogen-bond acceptors (Lipinski definition) is 7. The van der Waals surface area contributed by atoms with Gasteiger partial charge >= 0.3 is 0 Å². The molecule has 1 saturated heterocycles. The van der Waals surface area contributed by atoms with E-state index in [1.54, 1.807) is 18.7 Å². The number of nitrogen functional groups attached to an aromatic ring is 1. The summed E-state index contributed by atoms with van der Waals surface area (Å²) in [6.07, 6.45) is 6.77. The first kappa shape index (κ1) is 21.1. The van der Waals surface area contributed by atoms with Crippen LogP contribution >= 0.6 is 0 Å². The fourth-order valence-electron chi connectivity index (χ4n) is 3.16. The number of rotatable bonds is 8. The van der Waals surface area contributed by atoms with Crippen molar-refractivity contribution in [1.29, 1.82) is 0 Å². The predicted molar refractivity (Wildman–Crippen MR) is 120 cm³/mol. The van der Waals surface area contributed by atoms with E-state index in [-0.39, 0.29) is 6.10 Å². The van der Waals surface area contributed by atoms with Gasteiger partial charge in [0.25, 0.3) is 0 Å². The summed E-state index contributed by atoms with van der Waals surface area (Å²) in [5, 5.41) is 7.71. The van der Waals surface area contributed by atoms with Crippen LogP contribution < -0.4 is 21.7 Å². The topological polar surface area (TPSA) is 120 Å². The highest BCUT2D eigenvalue weighted by Crippen LogP contribution is 2.30. The van der Waals surface area contributed by atoms with Gasteiger partial charge in [-0.2, -0.15) is 0 Å². The molecule has 3 rings (SSSR count). The number of aromatic nitrogens is 3. The molecule has 1 aromatic heterocycles. The lowest BCUT2D eigenvalue weighted by Gasteiger charge is -2.41. The summed E-state index contributed by atoms with van der Waals surface area (Å²) >= 11 is 0. The molecule has 0 unspecified atom stereocenters. The highest BCUT2D eigenvalue weighted by molar-refractivity contribution is 5.98. The van der Waals surface area contributed by atoms with Gasteiger partial charge in [0.2, 0.25) is 0 Å². The highest BCUT2D eigenvalue weighted by Gasteiger charge is 2.30. The number of hydrazine groups is 1. The van der Waals surface area contributed by atoms with Crippen molar-refractivity contribution < 1.29 is 4.74 Å². The minimum Gasteiger partial charge on any atom is -0.491 e. The van der Waals surface area contributed by atoms with Crippen molar-refractivity contribution in [2.45, 2.75) is 26.0 Å². The zero-order chi connectivity index (χ0) is 21.7. The summed E-state index contributed by atoms with van der Waals surface area (Å²) in [6, 6.07) is 5.85. The summed E-state index contributed by atoms with van der Waals surface area (Å²) in [5.74, 6) is 7.11. The summed E-state index contributed by atoms with van der Waals surface area (Å²) in [5.41, 5.74) is 11.6. The van der Waals surface area contributed by atoms with E-state index < -0.39 is 0 Å². The number of likely N-dealkylation sites (tertiary alicyclic amines) is 1. The van der Waals surface area contributed by atoms with Crippen molar-refractivity contribution in [1.82, 2.24) is 19.7 Å². The van der Waals surface area contributed by atoms with Crippen molar-refractivity contribution >= 4 is 17.1 Å². The Morgan fingerprint density at radius 2 is 2.03 bits per heavy atom. The minimum atomic E-state index is 0.0482. The molecule has 30 heavy (non-hydrogen) atoms. The molecule has 1 aliphatic rings. The van der Waals surface area contributed by atoms with Crippen molar-refractivity contribution in [3.8, 4) is 5.75 Å². The van der Waals surface area contributed by atoms with Gasteiger partial charge in [0.15, 0.2) is 0 Å². The fourth-order valence-corrected chi connectivity index (χ4v) is 3.16. The van der Waals surface area contributed by atoms with Crippen molar-refractivity contribution in [2.24, 2.45) is 16.6 Å². The second-order valence-corrected chi connectivity index (χ2v) is 7.23. The number of amidine groups is 1. The molecule has 1 aromatic carbocycles. The van der Waals surface area contributed by atoms with Gasteiger partial charge in [-0.25, -0.2) is 4.99 Å². The molecule has 2 heterocycles. The molecule has 9 nitrogen and oxygen atoms in total. The molecule has 2 aromatic rings. The molecule has 0 atom stereocenters. The zero-order valence-electron chi connectivity index (χ0n) is 17.3. The number of allylic oxidation sites excluding steroid dienone is 1. The number of ether oxygens (including phenoxy) is 1. The maximum absolute atomic E-state index is 6.39. The number of nitrogens with zero attached hydrogens (tertiary/aromatic N) is 5. The van der Waals surface area contributed by atoms with Gasteiger partial charge in [-0.15, -0.1) is 10.2 Å². The fraction of sp³-hybridized carbons (Fsp3) is 0.286. The lowest BCUT2D eigenvalue weighted by Crippen LogP contribution is -2.50. The van der Waals surface area contributed by atoms with Crippen molar-refractivity contribution in [3.63, 3.8) is 0 Å². The van der Waals surface area contributed by atoms with Gasteiger partial charge in [-0.3, -0.25) is 5.84 Å². The van der Waals surface area contributed by atoms with Gasteiger partial charge in [0.1, 0.15) is 24.2 Å². The molecule has 0 bridgehead atoms. The normalized spacial score (nSPS) is 15.1. The van der Waals surface area contributed by atoms with Crippen molar-refractivity contribution in [3.05, 3.63) is 67.5 Å². The molecule has 158 valence electrons. The molecule has 5 N–H and O–H groups in total. The second kappa shape index (κ2) is 9.27. The molecular formula is C21H28N8O. The third kappa shape index (κ3) is 4.69. The Kier molecular flexibility index (Phi) is 6.53. The van der Waals surface area contributed by atoms with E-state index in [1.807, 2.05) is 36.6 Å². The van der Waals surface area contributed by atoms with Gasteiger partial charge in [0.05, 0.1) is 17.8 Å². The third-order valence-electron chi connectivity index (χ3n) is 4.74. The SMILES string of the molecule is C=C/N=C(\C=C(/N)C(=C)c1cc(OC(C)C)ccc1NN)N1CC(n2cnnc2)C1. The van der Waals surface area contributed by atoms with Crippen LogP contribution in [0.2, 0.25) is 0 Å². The van der Waals surface area contributed by atoms with Gasteiger partial charge in [0, 0.05) is 36.6 Å². The molecular weight excluding hydrogens is 380 g/mol. The van der Waals surface area contributed by atoms with Crippen LogP contribution in [0.1, 0.15) is 25.5 Å². The predicted octanol–water partition coefficient (Wildman–Crippen LogP) is 2.31. The number of hydrogen-bond donors (Lipinski definition) is 3. The van der Waals surface area contributed by atoms with Crippen molar-refractivity contribution in [2.75, 3.05) is 18.5 Å². The lowest BCUT2D eigenvalue weighted by atomic mass is 10.0. The minimum absolute atomic E-state index is 0.0482. The van der Waals surface area contributed by atoms with E-state index in [0.29, 0.717) is 34.6 Å². The van der Waals surface area contributed by atoms with Gasteiger partial charge in [-0.05, 0) is 37.6 Å². The van der Waals surface area contributed by atoms with Crippen LogP contribution in [0, 0.1) is 0 Å². The van der Waals surface area contributed by atoms with Crippen LogP contribution in [-0.2, 0) is 0 Å². The molecule has 1 aliphatic heterocycles. The Balaban J connectivity index is 1.79. The average Bonchev–Trinajstić information content (AvgIpc) is 3.20. The Morgan fingerprint density at radius 3 is 2.63 bits per heavy atom. The van der Waals surface area contributed by atoms with E-state index in [9.17, 15) is 0 Å². The summed E-state index contributed by atoms with van der Waals surface area (Å²) < 4.78 is 7.77. The molecule has 0 saturated carbocycles. The molecule has 1 fully saturated rings. The molecule has 0 spiro atoms. The number of anilines is 1. The van der Waals surface area contributed by atoms with Crippen LogP contribution in [0.4, 0.5) is 5.69 Å². The molecule has 9 heteroatoms. The van der Waals surface area contributed by atoms with Gasteiger partial charge in [-0.1, -0.05) is 13.2 Å². The number of benzene rings is 1. The van der Waals surface area contributed by atoms with Crippen LogP contribution in [0.3, 0.4) is 0 Å². The number of aliphatic imine (C=N–C) groups is 1. The number of nitrogens with two attached hydrogens (primary N) is 2. The highest BCUT2D eigenvalue weighted by atomic mass is 16.5. The first-order valence-corrected chi connectivity index (χ1v) is 9.64. The zero-order valence-corrected chi connectivity index (χ0v) is 17.3. The van der Waals surface area contributed by atoms with E-state index in [4.69, 9.17) is 16.3 Å². The Bertz CT molecular complexity index is 955. The van der Waals surface area contributed by atoms with E-state index >= 15 is 0 Å². The smallest absolute Gasteiger partial charge is 0.130 e. The van der Waals surface area contributed by atoms with E-state index in [0.717, 1.165) is 18.7 Å². The summed E-state index contributed by atoms with van der Waals surface area (Å²) in [4.78, 5) is 6.48. The third-order valence-corrected chi connectivity index (χ3v) is 4.74. The van der Waals surface area contributed by atoms with E-state index in [2.05, 4.69) is 38.7 Å². The largest absolute Gasteiger partial charge is 0.491 e. The first-order valence-electron chi connectivity index (χ1n) is 9.64. The maximum Gasteiger partial charge on any atom is 0.130 e. The van der Waals surface area contributed by atoms with Crippen LogP contribution in [0.15, 0.2) is 67.0 Å². The quantitative estimate of drug-likeness (QED) is 0.202. The van der Waals surface area contributed by atoms with Crippen LogP contribution in [0.5, 0.6) is 5.75 Å². The number of nitrogens with one attached hydrogen (secondary N) is 1. The first-order chi connectivity index (χ1) is 14.4. The summed E-state index contributed by atoms with van der Waals surface area (Å²) in [6.45, 7) is 13.4. The molecule has 0 amide bonds. The molecule has 0 aliphatic carbocycles. The lowest BCUT2D eigenvalue weighted by molar-refractivity contribution is 0.193.